The maximum atomic E-state index is 13.1. The van der Waals surface area contributed by atoms with Crippen molar-refractivity contribution in [3.05, 3.63) is 57.3 Å². The van der Waals surface area contributed by atoms with E-state index in [0.717, 1.165) is 6.07 Å². The Morgan fingerprint density at radius 1 is 1.21 bits per heavy atom. The number of aromatic carboxylic acids is 1. The summed E-state index contributed by atoms with van der Waals surface area (Å²) < 4.78 is 19.1. The van der Waals surface area contributed by atoms with Gasteiger partial charge in [0.15, 0.2) is 0 Å². The normalized spacial score (nSPS) is 10.3. The van der Waals surface area contributed by atoms with Crippen LogP contribution in [-0.4, -0.2) is 11.1 Å². The first-order chi connectivity index (χ1) is 8.97. The molecule has 0 amide bonds. The highest BCUT2D eigenvalue weighted by Crippen LogP contribution is 2.33. The molecule has 0 fully saturated rings. The SMILES string of the molecule is O=C(O)c1ccc(Cl)cc1Oc1cc(F)ccc1Br. The number of rotatable bonds is 3. The Hall–Kier alpha value is -1.59. The summed E-state index contributed by atoms with van der Waals surface area (Å²) in [7, 11) is 0. The second-order valence-corrected chi connectivity index (χ2v) is 4.91. The van der Waals surface area contributed by atoms with Crippen LogP contribution in [0.5, 0.6) is 11.5 Å². The summed E-state index contributed by atoms with van der Waals surface area (Å²) >= 11 is 9.00. The third kappa shape index (κ3) is 3.24. The van der Waals surface area contributed by atoms with Crippen molar-refractivity contribution in [1.82, 2.24) is 0 Å². The fraction of sp³-hybridized carbons (Fsp3) is 0. The quantitative estimate of drug-likeness (QED) is 0.874. The first kappa shape index (κ1) is 13.8. The molecule has 2 rings (SSSR count). The third-order valence-corrected chi connectivity index (χ3v) is 3.18. The van der Waals surface area contributed by atoms with Crippen LogP contribution >= 0.6 is 27.5 Å². The highest BCUT2D eigenvalue weighted by molar-refractivity contribution is 9.10. The van der Waals surface area contributed by atoms with Crippen LogP contribution in [0.25, 0.3) is 0 Å². The Kier molecular flexibility index (Phi) is 4.07. The molecule has 98 valence electrons. The molecule has 0 saturated heterocycles. The minimum Gasteiger partial charge on any atom is -0.478 e. The van der Waals surface area contributed by atoms with Gasteiger partial charge in [0, 0.05) is 17.2 Å². The smallest absolute Gasteiger partial charge is 0.339 e. The van der Waals surface area contributed by atoms with Crippen molar-refractivity contribution in [2.45, 2.75) is 0 Å². The lowest BCUT2D eigenvalue weighted by Crippen LogP contribution is -2.00. The highest BCUT2D eigenvalue weighted by atomic mass is 79.9. The molecular weight excluding hydrogens is 338 g/mol. The average molecular weight is 346 g/mol. The van der Waals surface area contributed by atoms with Crippen LogP contribution in [0.3, 0.4) is 0 Å². The van der Waals surface area contributed by atoms with E-state index in [1.165, 1.54) is 30.3 Å². The van der Waals surface area contributed by atoms with Gasteiger partial charge < -0.3 is 9.84 Å². The number of carbonyl (C=O) groups is 1. The molecule has 2 aromatic carbocycles. The van der Waals surface area contributed by atoms with E-state index in [0.29, 0.717) is 9.50 Å². The first-order valence-electron chi connectivity index (χ1n) is 5.13. The first-order valence-corrected chi connectivity index (χ1v) is 6.30. The molecule has 2 aromatic rings. The molecule has 3 nitrogen and oxygen atoms in total. The van der Waals surface area contributed by atoms with Crippen molar-refractivity contribution in [3.8, 4) is 11.5 Å². The Bertz CT molecular complexity index is 646. The average Bonchev–Trinajstić information content (AvgIpc) is 2.33. The van der Waals surface area contributed by atoms with E-state index >= 15 is 0 Å². The summed E-state index contributed by atoms with van der Waals surface area (Å²) in [6, 6.07) is 8.01. The van der Waals surface area contributed by atoms with E-state index in [1.54, 1.807) is 0 Å². The van der Waals surface area contributed by atoms with Crippen LogP contribution in [0.4, 0.5) is 4.39 Å². The second-order valence-electron chi connectivity index (χ2n) is 3.62. The predicted molar refractivity (Wildman–Crippen MR) is 72.6 cm³/mol. The molecule has 0 bridgehead atoms. The van der Waals surface area contributed by atoms with Crippen molar-refractivity contribution < 1.29 is 19.0 Å². The number of carboxylic acids is 1. The van der Waals surface area contributed by atoms with Crippen molar-refractivity contribution in [2.24, 2.45) is 0 Å². The topological polar surface area (TPSA) is 46.5 Å². The standard InChI is InChI=1S/C13H7BrClFO3/c14-10-4-2-8(16)6-12(10)19-11-5-7(15)1-3-9(11)13(17)18/h1-6H,(H,17,18). The Morgan fingerprint density at radius 2 is 1.95 bits per heavy atom. The van der Waals surface area contributed by atoms with Gasteiger partial charge in [0.2, 0.25) is 0 Å². The third-order valence-electron chi connectivity index (χ3n) is 2.29. The highest BCUT2D eigenvalue weighted by Gasteiger charge is 2.14. The van der Waals surface area contributed by atoms with Gasteiger partial charge in [-0.25, -0.2) is 9.18 Å². The predicted octanol–water partition coefficient (Wildman–Crippen LogP) is 4.73. The van der Waals surface area contributed by atoms with Gasteiger partial charge >= 0.3 is 5.97 Å². The number of carboxylic acid groups (broad SMARTS) is 1. The molecule has 6 heteroatoms. The van der Waals surface area contributed by atoms with E-state index in [2.05, 4.69) is 15.9 Å². The zero-order valence-electron chi connectivity index (χ0n) is 9.36. The summed E-state index contributed by atoms with van der Waals surface area (Å²) in [5, 5.41) is 9.38. The summed E-state index contributed by atoms with van der Waals surface area (Å²) in [4.78, 5) is 11.1. The van der Waals surface area contributed by atoms with Crippen LogP contribution in [0.15, 0.2) is 40.9 Å². The van der Waals surface area contributed by atoms with Crippen LogP contribution in [0.2, 0.25) is 5.02 Å². The molecule has 19 heavy (non-hydrogen) atoms. The Labute approximate surface area is 121 Å². The fourth-order valence-electron chi connectivity index (χ4n) is 1.43. The van der Waals surface area contributed by atoms with Gasteiger partial charge in [0.1, 0.15) is 22.9 Å². The lowest BCUT2D eigenvalue weighted by atomic mass is 10.2. The molecule has 0 heterocycles. The zero-order valence-corrected chi connectivity index (χ0v) is 11.7. The summed E-state index contributed by atoms with van der Waals surface area (Å²) in [6.45, 7) is 0. The van der Waals surface area contributed by atoms with E-state index in [4.69, 9.17) is 21.4 Å². The summed E-state index contributed by atoms with van der Waals surface area (Å²) in [5.74, 6) is -1.42. The van der Waals surface area contributed by atoms with Gasteiger partial charge in [-0.15, -0.1) is 0 Å². The van der Waals surface area contributed by atoms with Gasteiger partial charge in [-0.3, -0.25) is 0 Å². The molecule has 0 spiro atoms. The largest absolute Gasteiger partial charge is 0.478 e. The van der Waals surface area contributed by atoms with E-state index in [9.17, 15) is 9.18 Å². The molecule has 0 atom stereocenters. The maximum Gasteiger partial charge on any atom is 0.339 e. The maximum absolute atomic E-state index is 13.1. The molecule has 0 aromatic heterocycles. The van der Waals surface area contributed by atoms with Gasteiger partial charge in [-0.2, -0.15) is 0 Å². The number of benzene rings is 2. The Morgan fingerprint density at radius 3 is 2.63 bits per heavy atom. The van der Waals surface area contributed by atoms with Gasteiger partial charge in [0.25, 0.3) is 0 Å². The number of halogens is 3. The molecule has 0 saturated carbocycles. The molecular formula is C13H7BrClFO3. The van der Waals surface area contributed by atoms with Gasteiger partial charge in [0.05, 0.1) is 4.47 Å². The minimum atomic E-state index is -1.15. The summed E-state index contributed by atoms with van der Waals surface area (Å²) in [6.07, 6.45) is 0. The van der Waals surface area contributed by atoms with E-state index in [1.807, 2.05) is 0 Å². The fourth-order valence-corrected chi connectivity index (χ4v) is 1.92. The second kappa shape index (κ2) is 5.59. The van der Waals surface area contributed by atoms with Gasteiger partial charge in [-0.05, 0) is 40.2 Å². The lowest BCUT2D eigenvalue weighted by molar-refractivity contribution is 0.0694. The summed E-state index contributed by atoms with van der Waals surface area (Å²) in [5.41, 5.74) is -0.0550. The van der Waals surface area contributed by atoms with Crippen molar-refractivity contribution in [3.63, 3.8) is 0 Å². The van der Waals surface area contributed by atoms with E-state index in [-0.39, 0.29) is 17.1 Å². The van der Waals surface area contributed by atoms with Crippen LogP contribution in [-0.2, 0) is 0 Å². The molecule has 0 aliphatic rings. The van der Waals surface area contributed by atoms with Crippen molar-refractivity contribution in [2.75, 3.05) is 0 Å². The number of ether oxygens (including phenoxy) is 1. The zero-order chi connectivity index (χ0) is 14.0. The number of hydrogen-bond acceptors (Lipinski definition) is 2. The molecule has 0 aliphatic carbocycles. The minimum absolute atomic E-state index is 0.0475. The van der Waals surface area contributed by atoms with Crippen LogP contribution in [0, 0.1) is 5.82 Å². The van der Waals surface area contributed by atoms with Crippen molar-refractivity contribution in [1.29, 1.82) is 0 Å². The van der Waals surface area contributed by atoms with Crippen LogP contribution < -0.4 is 4.74 Å². The molecule has 1 N–H and O–H groups in total. The molecule has 0 unspecified atom stereocenters. The van der Waals surface area contributed by atoms with Crippen molar-refractivity contribution >= 4 is 33.5 Å². The Balaban J connectivity index is 2.45. The molecule has 0 aliphatic heterocycles. The molecule has 0 radical (unpaired) electrons. The lowest BCUT2D eigenvalue weighted by Gasteiger charge is -2.10. The monoisotopic (exact) mass is 344 g/mol. The number of hydrogen-bond donors (Lipinski definition) is 1. The van der Waals surface area contributed by atoms with Gasteiger partial charge in [-0.1, -0.05) is 11.6 Å². The van der Waals surface area contributed by atoms with Crippen LogP contribution in [0.1, 0.15) is 10.4 Å². The van der Waals surface area contributed by atoms with E-state index < -0.39 is 11.8 Å².